The van der Waals surface area contributed by atoms with Crippen molar-refractivity contribution in [3.63, 3.8) is 0 Å². The SMILES string of the molecule is CC1CC(NC(=O)NC(=O)CCCC(=O)O)CCO1. The molecular weight excluding hydrogens is 252 g/mol. The van der Waals surface area contributed by atoms with Crippen molar-refractivity contribution in [1.82, 2.24) is 10.6 Å². The molecule has 0 aromatic carbocycles. The first-order valence-corrected chi connectivity index (χ1v) is 6.41. The summed E-state index contributed by atoms with van der Waals surface area (Å²) in [6, 6.07) is -0.519. The van der Waals surface area contributed by atoms with Crippen LogP contribution in [0.3, 0.4) is 0 Å². The summed E-state index contributed by atoms with van der Waals surface area (Å²) in [6.07, 6.45) is 1.73. The number of hydrogen-bond acceptors (Lipinski definition) is 4. The number of urea groups is 1. The molecule has 0 aliphatic carbocycles. The Bertz CT molecular complexity index is 345. The molecule has 19 heavy (non-hydrogen) atoms. The van der Waals surface area contributed by atoms with E-state index in [1.165, 1.54) is 0 Å². The number of aliphatic carboxylic acids is 1. The van der Waals surface area contributed by atoms with Crippen LogP contribution in [-0.2, 0) is 14.3 Å². The van der Waals surface area contributed by atoms with Crippen LogP contribution in [0.4, 0.5) is 4.79 Å². The van der Waals surface area contributed by atoms with Gasteiger partial charge in [0.15, 0.2) is 0 Å². The number of imide groups is 1. The van der Waals surface area contributed by atoms with Crippen LogP contribution in [0.5, 0.6) is 0 Å². The van der Waals surface area contributed by atoms with Gasteiger partial charge in [-0.25, -0.2) is 4.79 Å². The highest BCUT2D eigenvalue weighted by molar-refractivity contribution is 5.94. The lowest BCUT2D eigenvalue weighted by Crippen LogP contribution is -2.47. The second-order valence-electron chi connectivity index (χ2n) is 4.67. The van der Waals surface area contributed by atoms with Crippen LogP contribution >= 0.6 is 0 Å². The van der Waals surface area contributed by atoms with E-state index in [0.29, 0.717) is 6.61 Å². The summed E-state index contributed by atoms with van der Waals surface area (Å²) in [5.41, 5.74) is 0. The normalized spacial score (nSPS) is 22.6. The van der Waals surface area contributed by atoms with E-state index < -0.39 is 17.9 Å². The summed E-state index contributed by atoms with van der Waals surface area (Å²) in [4.78, 5) is 33.2. The molecule has 2 unspecified atom stereocenters. The van der Waals surface area contributed by atoms with E-state index in [9.17, 15) is 14.4 Å². The van der Waals surface area contributed by atoms with Crippen LogP contribution in [0.25, 0.3) is 0 Å². The zero-order valence-corrected chi connectivity index (χ0v) is 11.0. The molecule has 7 nitrogen and oxygen atoms in total. The topological polar surface area (TPSA) is 105 Å². The Morgan fingerprint density at radius 2 is 2.05 bits per heavy atom. The monoisotopic (exact) mass is 272 g/mol. The van der Waals surface area contributed by atoms with E-state index in [1.54, 1.807) is 0 Å². The summed E-state index contributed by atoms with van der Waals surface area (Å²) >= 11 is 0. The molecule has 3 amide bonds. The van der Waals surface area contributed by atoms with Gasteiger partial charge in [-0.15, -0.1) is 0 Å². The van der Waals surface area contributed by atoms with Gasteiger partial charge in [0, 0.05) is 25.5 Å². The first-order valence-electron chi connectivity index (χ1n) is 6.41. The van der Waals surface area contributed by atoms with Crippen molar-refractivity contribution in [1.29, 1.82) is 0 Å². The minimum Gasteiger partial charge on any atom is -0.481 e. The van der Waals surface area contributed by atoms with Crippen LogP contribution in [-0.4, -0.2) is 41.8 Å². The highest BCUT2D eigenvalue weighted by atomic mass is 16.5. The third kappa shape index (κ3) is 6.76. The number of carboxylic acids is 1. The van der Waals surface area contributed by atoms with Gasteiger partial charge < -0.3 is 15.2 Å². The zero-order chi connectivity index (χ0) is 14.3. The molecule has 7 heteroatoms. The minimum atomic E-state index is -0.951. The van der Waals surface area contributed by atoms with Crippen LogP contribution in [0.15, 0.2) is 0 Å². The van der Waals surface area contributed by atoms with Crippen molar-refractivity contribution < 1.29 is 24.2 Å². The van der Waals surface area contributed by atoms with Crippen molar-refractivity contribution in [2.45, 2.75) is 51.2 Å². The number of ether oxygens (including phenoxy) is 1. The first-order chi connectivity index (χ1) is 8.97. The fourth-order valence-corrected chi connectivity index (χ4v) is 1.94. The van der Waals surface area contributed by atoms with E-state index in [2.05, 4.69) is 10.6 Å². The second-order valence-corrected chi connectivity index (χ2v) is 4.67. The fraction of sp³-hybridized carbons (Fsp3) is 0.750. The molecule has 1 fully saturated rings. The maximum Gasteiger partial charge on any atom is 0.321 e. The number of carbonyl (C=O) groups excluding carboxylic acids is 2. The summed E-state index contributed by atoms with van der Waals surface area (Å²) in [5, 5.41) is 13.3. The van der Waals surface area contributed by atoms with Gasteiger partial charge in [-0.05, 0) is 26.2 Å². The molecule has 0 aromatic heterocycles. The van der Waals surface area contributed by atoms with E-state index in [1.807, 2.05) is 6.92 Å². The molecular formula is C12H20N2O5. The standard InChI is InChI=1S/C12H20N2O5/c1-8-7-9(5-6-19-8)13-12(18)14-10(15)3-2-4-11(16)17/h8-9H,2-7H2,1H3,(H,16,17)(H2,13,14,15,18). The number of amides is 3. The Labute approximate surface area is 111 Å². The molecule has 1 heterocycles. The van der Waals surface area contributed by atoms with Gasteiger partial charge in [0.1, 0.15) is 0 Å². The quantitative estimate of drug-likeness (QED) is 0.681. The molecule has 0 spiro atoms. The van der Waals surface area contributed by atoms with Crippen molar-refractivity contribution in [2.75, 3.05) is 6.61 Å². The summed E-state index contributed by atoms with van der Waals surface area (Å²) in [6.45, 7) is 2.53. The van der Waals surface area contributed by atoms with E-state index in [4.69, 9.17) is 9.84 Å². The maximum atomic E-state index is 11.5. The lowest BCUT2D eigenvalue weighted by atomic mass is 10.0. The average Bonchev–Trinajstić information content (AvgIpc) is 2.27. The van der Waals surface area contributed by atoms with E-state index in [0.717, 1.165) is 12.8 Å². The molecule has 1 aliphatic rings. The Kier molecular flexibility index (Phi) is 6.27. The predicted octanol–water partition coefficient (Wildman–Crippen LogP) is 0.635. The smallest absolute Gasteiger partial charge is 0.321 e. The highest BCUT2D eigenvalue weighted by Crippen LogP contribution is 2.12. The summed E-state index contributed by atoms with van der Waals surface area (Å²) in [5.74, 6) is -1.41. The largest absolute Gasteiger partial charge is 0.481 e. The third-order valence-corrected chi connectivity index (χ3v) is 2.87. The fourth-order valence-electron chi connectivity index (χ4n) is 1.94. The summed E-state index contributed by atoms with van der Waals surface area (Å²) < 4.78 is 5.35. The molecule has 3 N–H and O–H groups in total. The Morgan fingerprint density at radius 3 is 2.68 bits per heavy atom. The van der Waals surface area contributed by atoms with Crippen LogP contribution in [0.2, 0.25) is 0 Å². The molecule has 0 radical (unpaired) electrons. The Balaban J connectivity index is 2.19. The van der Waals surface area contributed by atoms with Crippen molar-refractivity contribution in [2.24, 2.45) is 0 Å². The summed E-state index contributed by atoms with van der Waals surface area (Å²) in [7, 11) is 0. The average molecular weight is 272 g/mol. The van der Waals surface area contributed by atoms with E-state index >= 15 is 0 Å². The van der Waals surface area contributed by atoms with Crippen LogP contribution in [0.1, 0.15) is 39.0 Å². The van der Waals surface area contributed by atoms with Crippen LogP contribution < -0.4 is 10.6 Å². The van der Waals surface area contributed by atoms with Gasteiger partial charge in [-0.1, -0.05) is 0 Å². The molecule has 1 aliphatic heterocycles. The molecule has 2 atom stereocenters. The molecule has 0 bridgehead atoms. The number of hydrogen-bond donors (Lipinski definition) is 3. The molecule has 108 valence electrons. The van der Waals surface area contributed by atoms with Gasteiger partial charge in [0.2, 0.25) is 5.91 Å². The van der Waals surface area contributed by atoms with Gasteiger partial charge >= 0.3 is 12.0 Å². The van der Waals surface area contributed by atoms with E-state index in [-0.39, 0.29) is 31.4 Å². The van der Waals surface area contributed by atoms with Crippen molar-refractivity contribution >= 4 is 17.9 Å². The van der Waals surface area contributed by atoms with Gasteiger partial charge in [-0.3, -0.25) is 14.9 Å². The first kappa shape index (κ1) is 15.4. The zero-order valence-electron chi connectivity index (χ0n) is 11.0. The van der Waals surface area contributed by atoms with Gasteiger partial charge in [0.25, 0.3) is 0 Å². The lowest BCUT2D eigenvalue weighted by Gasteiger charge is -2.27. The number of carbonyl (C=O) groups is 3. The predicted molar refractivity (Wildman–Crippen MR) is 66.6 cm³/mol. The number of rotatable bonds is 5. The van der Waals surface area contributed by atoms with Crippen LogP contribution in [0, 0.1) is 0 Å². The maximum absolute atomic E-state index is 11.5. The Morgan fingerprint density at radius 1 is 1.32 bits per heavy atom. The van der Waals surface area contributed by atoms with Crippen molar-refractivity contribution in [3.05, 3.63) is 0 Å². The molecule has 1 saturated heterocycles. The molecule has 0 saturated carbocycles. The number of carboxylic acid groups (broad SMARTS) is 1. The minimum absolute atomic E-state index is 0.00979. The third-order valence-electron chi connectivity index (χ3n) is 2.87. The lowest BCUT2D eigenvalue weighted by molar-refractivity contribution is -0.137. The Hall–Kier alpha value is -1.63. The number of nitrogens with one attached hydrogen (secondary N) is 2. The van der Waals surface area contributed by atoms with Gasteiger partial charge in [-0.2, -0.15) is 0 Å². The molecule has 1 rings (SSSR count). The second kappa shape index (κ2) is 7.73. The van der Waals surface area contributed by atoms with Gasteiger partial charge in [0.05, 0.1) is 6.10 Å². The molecule has 0 aromatic rings. The van der Waals surface area contributed by atoms with Crippen molar-refractivity contribution in [3.8, 4) is 0 Å². The highest BCUT2D eigenvalue weighted by Gasteiger charge is 2.21.